The van der Waals surface area contributed by atoms with Gasteiger partial charge in [-0.05, 0) is 53.2 Å². The highest BCUT2D eigenvalue weighted by Crippen LogP contribution is 2.32. The summed E-state index contributed by atoms with van der Waals surface area (Å²) in [5.41, 5.74) is 1.55. The van der Waals surface area contributed by atoms with E-state index in [1.54, 1.807) is 57.5 Å². The SMILES string of the molecule is Cc1cc(C(=O)Nc2c(Br)cc(Br)cc2C(=O)N(C)C)n(-c2ncccc2Cl)n1. The van der Waals surface area contributed by atoms with E-state index in [0.29, 0.717) is 36.7 Å². The van der Waals surface area contributed by atoms with Gasteiger partial charge >= 0.3 is 0 Å². The van der Waals surface area contributed by atoms with Gasteiger partial charge in [-0.3, -0.25) is 9.59 Å². The molecule has 1 aromatic carbocycles. The van der Waals surface area contributed by atoms with Gasteiger partial charge in [0.25, 0.3) is 11.8 Å². The van der Waals surface area contributed by atoms with Crippen LogP contribution in [0.3, 0.4) is 0 Å². The number of aromatic nitrogens is 3. The molecule has 2 amide bonds. The van der Waals surface area contributed by atoms with Crippen molar-refractivity contribution in [3.05, 3.63) is 67.4 Å². The van der Waals surface area contributed by atoms with E-state index >= 15 is 0 Å². The molecule has 3 aromatic rings. The smallest absolute Gasteiger partial charge is 0.274 e. The van der Waals surface area contributed by atoms with Crippen molar-refractivity contribution in [2.24, 2.45) is 0 Å². The van der Waals surface area contributed by atoms with Crippen molar-refractivity contribution in [3.63, 3.8) is 0 Å². The van der Waals surface area contributed by atoms with E-state index < -0.39 is 5.91 Å². The molecule has 2 aromatic heterocycles. The van der Waals surface area contributed by atoms with E-state index in [2.05, 4.69) is 47.3 Å². The third kappa shape index (κ3) is 4.52. The predicted molar refractivity (Wildman–Crippen MR) is 119 cm³/mol. The van der Waals surface area contributed by atoms with E-state index in [0.717, 1.165) is 0 Å². The number of hydrogen-bond donors (Lipinski definition) is 1. The fourth-order valence-electron chi connectivity index (χ4n) is 2.64. The van der Waals surface area contributed by atoms with E-state index in [4.69, 9.17) is 11.6 Å². The van der Waals surface area contributed by atoms with Crippen molar-refractivity contribution in [1.29, 1.82) is 0 Å². The Kier molecular flexibility index (Phi) is 6.40. The molecule has 0 unspecified atom stereocenters. The van der Waals surface area contributed by atoms with Gasteiger partial charge in [-0.15, -0.1) is 0 Å². The highest BCUT2D eigenvalue weighted by atomic mass is 79.9. The minimum absolute atomic E-state index is 0.237. The average molecular weight is 542 g/mol. The molecule has 0 aliphatic carbocycles. The van der Waals surface area contributed by atoms with Crippen LogP contribution < -0.4 is 5.32 Å². The van der Waals surface area contributed by atoms with E-state index in [9.17, 15) is 9.59 Å². The maximum atomic E-state index is 13.1. The Bertz CT molecular complexity index is 1110. The molecule has 0 atom stereocenters. The minimum Gasteiger partial charge on any atom is -0.345 e. The second kappa shape index (κ2) is 8.64. The van der Waals surface area contributed by atoms with Gasteiger partial charge in [0.1, 0.15) is 5.69 Å². The van der Waals surface area contributed by atoms with Crippen molar-refractivity contribution in [1.82, 2.24) is 19.7 Å². The van der Waals surface area contributed by atoms with Crippen LogP contribution in [0.25, 0.3) is 5.82 Å². The molecule has 7 nitrogen and oxygen atoms in total. The maximum absolute atomic E-state index is 13.1. The monoisotopic (exact) mass is 539 g/mol. The largest absolute Gasteiger partial charge is 0.345 e. The van der Waals surface area contributed by atoms with Crippen molar-refractivity contribution in [2.45, 2.75) is 6.92 Å². The molecule has 0 radical (unpaired) electrons. The first-order chi connectivity index (χ1) is 13.7. The van der Waals surface area contributed by atoms with Crippen LogP contribution in [0.1, 0.15) is 26.5 Å². The van der Waals surface area contributed by atoms with Crippen molar-refractivity contribution < 1.29 is 9.59 Å². The Morgan fingerprint density at radius 1 is 1.21 bits per heavy atom. The summed E-state index contributed by atoms with van der Waals surface area (Å²) in [6.45, 7) is 1.76. The number of hydrogen-bond acceptors (Lipinski definition) is 4. The minimum atomic E-state index is -0.455. The zero-order chi connectivity index (χ0) is 21.3. The lowest BCUT2D eigenvalue weighted by Gasteiger charge is -2.17. The van der Waals surface area contributed by atoms with Gasteiger partial charge < -0.3 is 10.2 Å². The molecular weight excluding hydrogens is 526 g/mol. The number of halogens is 3. The lowest BCUT2D eigenvalue weighted by Crippen LogP contribution is -2.25. The van der Waals surface area contributed by atoms with E-state index in [-0.39, 0.29) is 11.6 Å². The van der Waals surface area contributed by atoms with Gasteiger partial charge in [-0.25, -0.2) is 9.67 Å². The first-order valence-electron chi connectivity index (χ1n) is 8.38. The lowest BCUT2D eigenvalue weighted by molar-refractivity contribution is 0.0828. The van der Waals surface area contributed by atoms with Crippen LogP contribution in [0, 0.1) is 6.92 Å². The normalized spacial score (nSPS) is 10.7. The number of nitrogens with zero attached hydrogens (tertiary/aromatic N) is 4. The van der Waals surface area contributed by atoms with Crippen LogP contribution in [0.2, 0.25) is 5.02 Å². The van der Waals surface area contributed by atoms with Gasteiger partial charge in [-0.1, -0.05) is 27.5 Å². The van der Waals surface area contributed by atoms with Crippen molar-refractivity contribution in [2.75, 3.05) is 19.4 Å². The fourth-order valence-corrected chi connectivity index (χ4v) is 4.17. The molecule has 3 rings (SSSR count). The molecular formula is C19H16Br2ClN5O2. The van der Waals surface area contributed by atoms with Crippen LogP contribution >= 0.6 is 43.5 Å². The number of carbonyl (C=O) groups is 2. The van der Waals surface area contributed by atoms with Gasteiger partial charge in [0, 0.05) is 29.2 Å². The first kappa shape index (κ1) is 21.5. The zero-order valence-corrected chi connectivity index (χ0v) is 19.6. The Hall–Kier alpha value is -2.23. The number of anilines is 1. The van der Waals surface area contributed by atoms with Gasteiger partial charge in [0.2, 0.25) is 0 Å². The first-order valence-corrected chi connectivity index (χ1v) is 10.3. The predicted octanol–water partition coefficient (Wildman–Crippen LogP) is 4.71. The summed E-state index contributed by atoms with van der Waals surface area (Å²) in [5, 5.41) is 7.52. The molecule has 2 heterocycles. The Balaban J connectivity index is 2.05. The van der Waals surface area contributed by atoms with Gasteiger partial charge in [-0.2, -0.15) is 5.10 Å². The molecule has 0 bridgehead atoms. The summed E-state index contributed by atoms with van der Waals surface area (Å²) in [6.07, 6.45) is 1.57. The zero-order valence-electron chi connectivity index (χ0n) is 15.7. The third-order valence-electron chi connectivity index (χ3n) is 3.93. The van der Waals surface area contributed by atoms with Crippen LogP contribution in [0.4, 0.5) is 5.69 Å². The molecule has 0 aliphatic heterocycles. The number of rotatable bonds is 4. The number of nitrogens with one attached hydrogen (secondary N) is 1. The third-order valence-corrected chi connectivity index (χ3v) is 5.31. The standard InChI is InChI=1S/C19H16Br2ClN5O2/c1-10-7-15(27(25-10)17-14(22)5-4-6-23-17)18(28)24-16-12(19(29)26(2)3)8-11(20)9-13(16)21/h4-9H,1-3H3,(H,24,28). The van der Waals surface area contributed by atoms with Crippen molar-refractivity contribution in [3.8, 4) is 5.82 Å². The summed E-state index contributed by atoms with van der Waals surface area (Å²) < 4.78 is 2.64. The molecule has 0 saturated heterocycles. The van der Waals surface area contributed by atoms with Gasteiger partial charge in [0.05, 0.1) is 22.0 Å². The van der Waals surface area contributed by atoms with Crippen LogP contribution in [0.15, 0.2) is 45.5 Å². The second-order valence-corrected chi connectivity index (χ2v) is 8.53. The molecule has 0 spiro atoms. The highest BCUT2D eigenvalue weighted by Gasteiger charge is 2.23. The number of amides is 2. The topological polar surface area (TPSA) is 80.1 Å². The average Bonchev–Trinajstić information content (AvgIpc) is 3.05. The number of benzene rings is 1. The molecule has 10 heteroatoms. The molecule has 0 aliphatic rings. The molecule has 29 heavy (non-hydrogen) atoms. The number of carbonyl (C=O) groups excluding carboxylic acids is 2. The molecule has 0 saturated carbocycles. The molecule has 0 fully saturated rings. The Morgan fingerprint density at radius 3 is 2.59 bits per heavy atom. The summed E-state index contributed by atoms with van der Waals surface area (Å²) in [5.74, 6) is -0.366. The molecule has 150 valence electrons. The summed E-state index contributed by atoms with van der Waals surface area (Å²) in [6, 6.07) is 8.39. The number of pyridine rings is 1. The maximum Gasteiger partial charge on any atom is 0.274 e. The quantitative estimate of drug-likeness (QED) is 0.519. The van der Waals surface area contributed by atoms with Crippen LogP contribution in [-0.2, 0) is 0 Å². The van der Waals surface area contributed by atoms with E-state index in [1.165, 1.54) is 9.58 Å². The number of aryl methyl sites for hydroxylation is 1. The lowest BCUT2D eigenvalue weighted by atomic mass is 10.1. The highest BCUT2D eigenvalue weighted by molar-refractivity contribution is 9.11. The van der Waals surface area contributed by atoms with Gasteiger partial charge in [0.15, 0.2) is 5.82 Å². The fraction of sp³-hybridized carbons (Fsp3) is 0.158. The summed E-state index contributed by atoms with van der Waals surface area (Å²) in [7, 11) is 3.29. The van der Waals surface area contributed by atoms with Crippen LogP contribution in [-0.4, -0.2) is 45.6 Å². The summed E-state index contributed by atoms with van der Waals surface area (Å²) in [4.78, 5) is 31.4. The van der Waals surface area contributed by atoms with E-state index in [1.807, 2.05) is 0 Å². The Labute approximate surface area is 189 Å². The Morgan fingerprint density at radius 2 is 1.93 bits per heavy atom. The van der Waals surface area contributed by atoms with Crippen molar-refractivity contribution >= 4 is 61.0 Å². The molecule has 1 N–H and O–H groups in total. The summed E-state index contributed by atoms with van der Waals surface area (Å²) >= 11 is 13.0. The van der Waals surface area contributed by atoms with Crippen LogP contribution in [0.5, 0.6) is 0 Å². The second-order valence-electron chi connectivity index (χ2n) is 6.36.